The summed E-state index contributed by atoms with van der Waals surface area (Å²) in [5.41, 5.74) is 0.993. The summed E-state index contributed by atoms with van der Waals surface area (Å²) >= 11 is 0. The maximum Gasteiger partial charge on any atom is 0.335 e. The minimum absolute atomic E-state index is 0.00667. The summed E-state index contributed by atoms with van der Waals surface area (Å²) in [5.74, 6) is -2.64. The lowest BCUT2D eigenvalue weighted by molar-refractivity contribution is -0.0177. The van der Waals surface area contributed by atoms with Crippen molar-refractivity contribution in [2.75, 3.05) is 13.2 Å². The molecule has 0 fully saturated rings. The van der Waals surface area contributed by atoms with E-state index in [1.807, 2.05) is 0 Å². The molecule has 0 bridgehead atoms. The number of aliphatic hydroxyl groups is 2. The van der Waals surface area contributed by atoms with Gasteiger partial charge in [0.05, 0.1) is 42.1 Å². The third-order valence-corrected chi connectivity index (χ3v) is 3.94. The Morgan fingerprint density at radius 2 is 0.917 bits per heavy atom. The normalized spacial score (nSPS) is 11.0. The molecular formula is C27H32O9. The Bertz CT molecular complexity index is 874. The molecule has 9 nitrogen and oxygen atoms in total. The summed E-state index contributed by atoms with van der Waals surface area (Å²) in [7, 11) is 0. The molecule has 0 aromatic heterocycles. The predicted molar refractivity (Wildman–Crippen MR) is 134 cm³/mol. The summed E-state index contributed by atoms with van der Waals surface area (Å²) in [6.07, 6.45) is -0.612. The van der Waals surface area contributed by atoms with Crippen LogP contribution in [-0.4, -0.2) is 68.9 Å². The number of rotatable bonds is 7. The third kappa shape index (κ3) is 16.5. The van der Waals surface area contributed by atoms with E-state index in [2.05, 4.69) is 0 Å². The van der Waals surface area contributed by atoms with Gasteiger partial charge in [-0.15, -0.1) is 0 Å². The van der Waals surface area contributed by atoms with E-state index in [4.69, 9.17) is 30.3 Å². The first kappa shape index (κ1) is 32.0. The molecule has 194 valence electrons. The summed E-state index contributed by atoms with van der Waals surface area (Å²) < 4.78 is 4.95. The standard InChI is InChI=1S/3C7H6O2.C6H14O3/c3*8-7(9)6-4-2-1-3-5-6;1-5(8)4-9-6(2)3-7/h3*1-5H,(H,8,9);5-8H,3-4H2,1-2H3. The van der Waals surface area contributed by atoms with Crippen LogP contribution >= 0.6 is 0 Å². The molecule has 9 heteroatoms. The van der Waals surface area contributed by atoms with Crippen LogP contribution < -0.4 is 0 Å². The van der Waals surface area contributed by atoms with E-state index in [0.29, 0.717) is 23.3 Å². The van der Waals surface area contributed by atoms with Gasteiger partial charge in [-0.25, -0.2) is 14.4 Å². The van der Waals surface area contributed by atoms with Crippen LogP contribution in [0.1, 0.15) is 44.9 Å². The Hall–Kier alpha value is -4.05. The molecule has 0 aliphatic rings. The number of hydrogen-bond acceptors (Lipinski definition) is 6. The summed E-state index contributed by atoms with van der Waals surface area (Å²) in [6.45, 7) is 3.70. The minimum Gasteiger partial charge on any atom is -0.478 e. The second-order valence-electron chi connectivity index (χ2n) is 7.19. The van der Waals surface area contributed by atoms with Gasteiger partial charge in [-0.1, -0.05) is 54.6 Å². The van der Waals surface area contributed by atoms with E-state index in [1.54, 1.807) is 105 Å². The zero-order chi connectivity index (χ0) is 27.3. The van der Waals surface area contributed by atoms with Gasteiger partial charge in [0, 0.05) is 0 Å². The molecule has 0 heterocycles. The Morgan fingerprint density at radius 3 is 1.08 bits per heavy atom. The summed E-state index contributed by atoms with van der Waals surface area (Å²) in [5, 5.41) is 42.3. The van der Waals surface area contributed by atoms with Crippen LogP contribution in [0.15, 0.2) is 91.0 Å². The van der Waals surface area contributed by atoms with Gasteiger partial charge < -0.3 is 30.3 Å². The van der Waals surface area contributed by atoms with Gasteiger partial charge >= 0.3 is 17.9 Å². The summed E-state index contributed by atoms with van der Waals surface area (Å²) in [4.78, 5) is 30.6. The number of carbonyl (C=O) groups is 3. The van der Waals surface area contributed by atoms with Gasteiger partial charge in [-0.2, -0.15) is 0 Å². The Labute approximate surface area is 209 Å². The molecule has 3 aromatic carbocycles. The first-order chi connectivity index (χ1) is 17.1. The van der Waals surface area contributed by atoms with Gasteiger partial charge in [-0.3, -0.25) is 0 Å². The number of aromatic carboxylic acids is 3. The summed E-state index contributed by atoms with van der Waals surface area (Å²) in [6, 6.07) is 24.9. The van der Waals surface area contributed by atoms with Crippen molar-refractivity contribution in [1.82, 2.24) is 0 Å². The molecule has 0 aliphatic carbocycles. The fraction of sp³-hybridized carbons (Fsp3) is 0.222. The van der Waals surface area contributed by atoms with Crippen molar-refractivity contribution in [2.45, 2.75) is 26.1 Å². The average Bonchev–Trinajstić information content (AvgIpc) is 2.90. The van der Waals surface area contributed by atoms with Gasteiger partial charge in [0.15, 0.2) is 0 Å². The van der Waals surface area contributed by atoms with Crippen LogP contribution in [0.5, 0.6) is 0 Å². The maximum absolute atomic E-state index is 10.2. The van der Waals surface area contributed by atoms with Crippen molar-refractivity contribution in [3.05, 3.63) is 108 Å². The molecule has 0 aliphatic heterocycles. The van der Waals surface area contributed by atoms with E-state index < -0.39 is 24.0 Å². The van der Waals surface area contributed by atoms with Crippen LogP contribution in [0.25, 0.3) is 0 Å². The first-order valence-electron chi connectivity index (χ1n) is 10.8. The largest absolute Gasteiger partial charge is 0.478 e. The molecule has 0 spiro atoms. The highest BCUT2D eigenvalue weighted by Crippen LogP contribution is 1.97. The van der Waals surface area contributed by atoms with Gasteiger partial charge in [-0.05, 0) is 50.2 Å². The van der Waals surface area contributed by atoms with Crippen LogP contribution in [0.3, 0.4) is 0 Å². The van der Waals surface area contributed by atoms with Gasteiger partial charge in [0.2, 0.25) is 0 Å². The number of hydrogen-bond donors (Lipinski definition) is 5. The lowest BCUT2D eigenvalue weighted by Gasteiger charge is -2.10. The average molecular weight is 501 g/mol. The lowest BCUT2D eigenvalue weighted by Crippen LogP contribution is -2.19. The number of carboxylic acids is 3. The van der Waals surface area contributed by atoms with E-state index in [9.17, 15) is 14.4 Å². The number of ether oxygens (including phenoxy) is 1. The van der Waals surface area contributed by atoms with E-state index in [-0.39, 0.29) is 12.7 Å². The molecule has 0 amide bonds. The monoisotopic (exact) mass is 500 g/mol. The van der Waals surface area contributed by atoms with Crippen LogP contribution in [-0.2, 0) is 4.74 Å². The Kier molecular flexibility index (Phi) is 17.1. The Balaban J connectivity index is 0.000000454. The van der Waals surface area contributed by atoms with E-state index in [1.165, 1.54) is 0 Å². The van der Waals surface area contributed by atoms with E-state index >= 15 is 0 Å². The third-order valence-electron chi connectivity index (χ3n) is 3.94. The second kappa shape index (κ2) is 19.3. The van der Waals surface area contributed by atoms with Crippen molar-refractivity contribution < 1.29 is 44.7 Å². The van der Waals surface area contributed by atoms with Gasteiger partial charge in [0.1, 0.15) is 0 Å². The zero-order valence-corrected chi connectivity index (χ0v) is 20.1. The molecule has 0 saturated heterocycles. The molecule has 2 unspecified atom stereocenters. The zero-order valence-electron chi connectivity index (χ0n) is 20.1. The highest BCUT2D eigenvalue weighted by atomic mass is 16.5. The van der Waals surface area contributed by atoms with Crippen LogP contribution in [0, 0.1) is 0 Å². The van der Waals surface area contributed by atoms with Crippen LogP contribution in [0.2, 0.25) is 0 Å². The van der Waals surface area contributed by atoms with Crippen LogP contribution in [0.4, 0.5) is 0 Å². The molecule has 0 radical (unpaired) electrons. The topological polar surface area (TPSA) is 162 Å². The second-order valence-corrected chi connectivity index (χ2v) is 7.19. The quantitative estimate of drug-likeness (QED) is 0.324. The number of benzene rings is 3. The minimum atomic E-state index is -0.879. The van der Waals surface area contributed by atoms with Crippen molar-refractivity contribution in [3.8, 4) is 0 Å². The predicted octanol–water partition coefficient (Wildman–Crippen LogP) is 3.92. The molecule has 3 aromatic rings. The lowest BCUT2D eigenvalue weighted by atomic mass is 10.2. The highest BCUT2D eigenvalue weighted by Gasteiger charge is 2.01. The Morgan fingerprint density at radius 1 is 0.639 bits per heavy atom. The number of aliphatic hydroxyl groups excluding tert-OH is 2. The molecule has 36 heavy (non-hydrogen) atoms. The first-order valence-corrected chi connectivity index (χ1v) is 10.8. The fourth-order valence-electron chi connectivity index (χ4n) is 2.10. The SMILES string of the molecule is CC(O)COC(C)CO.O=C(O)c1ccccc1.O=C(O)c1ccccc1.O=C(O)c1ccccc1. The van der Waals surface area contributed by atoms with Crippen molar-refractivity contribution >= 4 is 17.9 Å². The van der Waals surface area contributed by atoms with Gasteiger partial charge in [0.25, 0.3) is 0 Å². The fourth-order valence-corrected chi connectivity index (χ4v) is 2.10. The van der Waals surface area contributed by atoms with Crippen molar-refractivity contribution in [1.29, 1.82) is 0 Å². The van der Waals surface area contributed by atoms with Crippen molar-refractivity contribution in [3.63, 3.8) is 0 Å². The molecule has 3 rings (SSSR count). The van der Waals surface area contributed by atoms with E-state index in [0.717, 1.165) is 0 Å². The molecular weight excluding hydrogens is 468 g/mol. The molecule has 0 saturated carbocycles. The molecule has 5 N–H and O–H groups in total. The number of carboxylic acid groups (broad SMARTS) is 3. The molecule has 2 atom stereocenters. The highest BCUT2D eigenvalue weighted by molar-refractivity contribution is 5.88. The van der Waals surface area contributed by atoms with Crippen molar-refractivity contribution in [2.24, 2.45) is 0 Å². The smallest absolute Gasteiger partial charge is 0.335 e. The maximum atomic E-state index is 10.2.